The molecule has 0 spiro atoms. The highest BCUT2D eigenvalue weighted by molar-refractivity contribution is 9.10. The molecule has 1 aromatic heterocycles. The average Bonchev–Trinajstić information content (AvgIpc) is 3.18. The summed E-state index contributed by atoms with van der Waals surface area (Å²) in [4.78, 5) is 20.3. The van der Waals surface area contributed by atoms with E-state index in [1.165, 1.54) is 0 Å². The first-order valence-corrected chi connectivity index (χ1v) is 9.65. The van der Waals surface area contributed by atoms with Gasteiger partial charge in [0.15, 0.2) is 0 Å². The Morgan fingerprint density at radius 3 is 2.72 bits per heavy atom. The van der Waals surface area contributed by atoms with Crippen molar-refractivity contribution in [2.45, 2.75) is 0 Å². The summed E-state index contributed by atoms with van der Waals surface area (Å²) in [5, 5.41) is 4.04. The Kier molecular flexibility index (Phi) is 5.39. The number of carbonyl (C=O) groups is 1. The third-order valence-electron chi connectivity index (χ3n) is 4.35. The van der Waals surface area contributed by atoms with Crippen LogP contribution in [-0.2, 0) is 0 Å². The molecule has 2 N–H and O–H groups in total. The summed E-state index contributed by atoms with van der Waals surface area (Å²) in [5.41, 5.74) is 6.45. The smallest absolute Gasteiger partial charge is 0.271 e. The first kappa shape index (κ1) is 18.9. The van der Waals surface area contributed by atoms with Crippen LogP contribution >= 0.6 is 15.9 Å². The van der Waals surface area contributed by atoms with Crippen LogP contribution in [0.15, 0.2) is 76.3 Å². The number of nitrogens with zero attached hydrogens (tertiary/aromatic N) is 2. The molecule has 3 aromatic carbocycles. The van der Waals surface area contributed by atoms with Crippen LogP contribution in [-0.4, -0.2) is 29.2 Å². The highest BCUT2D eigenvalue weighted by Gasteiger charge is 2.09. The molecule has 1 amide bonds. The molecule has 0 atom stereocenters. The molecule has 4 rings (SSSR count). The number of fused-ring (bicyclic) bond motifs is 1. The van der Waals surface area contributed by atoms with Gasteiger partial charge in [0.25, 0.3) is 5.91 Å². The number of methoxy groups -OCH3 is 1. The monoisotopic (exact) mass is 448 g/mol. The number of halogens is 1. The zero-order valence-corrected chi connectivity index (χ0v) is 17.1. The Bertz CT molecular complexity index is 1200. The highest BCUT2D eigenvalue weighted by atomic mass is 79.9. The molecule has 0 aliphatic carbocycles. The SMILES string of the molecule is COc1ccc(/C=N/NC(=O)c2ccc3nc(-c4ccccc4)[nH]c3c2)cc1Br. The minimum Gasteiger partial charge on any atom is -0.496 e. The Morgan fingerprint density at radius 1 is 1.14 bits per heavy atom. The molecular formula is C22H17BrN4O2. The number of carbonyl (C=O) groups excluding carboxylic acids is 1. The second-order valence-electron chi connectivity index (χ2n) is 6.28. The number of amides is 1. The molecule has 4 aromatic rings. The van der Waals surface area contributed by atoms with Gasteiger partial charge in [-0.3, -0.25) is 4.79 Å². The molecule has 144 valence electrons. The molecule has 7 heteroatoms. The van der Waals surface area contributed by atoms with Gasteiger partial charge >= 0.3 is 0 Å². The van der Waals surface area contributed by atoms with Gasteiger partial charge < -0.3 is 9.72 Å². The van der Waals surface area contributed by atoms with E-state index in [1.807, 2.05) is 54.6 Å². The maximum Gasteiger partial charge on any atom is 0.271 e. The molecule has 1 heterocycles. The fourth-order valence-corrected chi connectivity index (χ4v) is 3.43. The number of imidazole rings is 1. The largest absolute Gasteiger partial charge is 0.496 e. The van der Waals surface area contributed by atoms with Crippen LogP contribution in [0.25, 0.3) is 22.4 Å². The standard InChI is InChI=1S/C22H17BrN4O2/c1-29-20-10-7-14(11-17(20)23)13-24-27-22(28)16-8-9-18-19(12-16)26-21(25-18)15-5-3-2-4-6-15/h2-13H,1H3,(H,25,26)(H,27,28)/b24-13+. The number of nitrogens with one attached hydrogen (secondary N) is 2. The van der Waals surface area contributed by atoms with Gasteiger partial charge in [-0.2, -0.15) is 5.10 Å². The number of ether oxygens (including phenoxy) is 1. The van der Waals surface area contributed by atoms with Crippen LogP contribution < -0.4 is 10.2 Å². The molecule has 0 bridgehead atoms. The first-order chi connectivity index (χ1) is 14.1. The highest BCUT2D eigenvalue weighted by Crippen LogP contribution is 2.25. The van der Waals surface area contributed by atoms with Gasteiger partial charge in [-0.25, -0.2) is 10.4 Å². The fraction of sp³-hybridized carbons (Fsp3) is 0.0455. The maximum atomic E-state index is 12.4. The van der Waals surface area contributed by atoms with Crippen LogP contribution in [0, 0.1) is 0 Å². The number of H-pyrrole nitrogens is 1. The lowest BCUT2D eigenvalue weighted by Crippen LogP contribution is -2.17. The van der Waals surface area contributed by atoms with E-state index in [0.29, 0.717) is 5.56 Å². The Morgan fingerprint density at radius 2 is 1.97 bits per heavy atom. The summed E-state index contributed by atoms with van der Waals surface area (Å²) in [5.74, 6) is 1.20. The number of aromatic amines is 1. The Labute approximate surface area is 175 Å². The zero-order valence-electron chi connectivity index (χ0n) is 15.5. The summed E-state index contributed by atoms with van der Waals surface area (Å²) in [6, 6.07) is 20.7. The summed E-state index contributed by atoms with van der Waals surface area (Å²) in [7, 11) is 1.60. The quantitative estimate of drug-likeness (QED) is 0.341. The van der Waals surface area contributed by atoms with Gasteiger partial charge in [-0.05, 0) is 57.9 Å². The first-order valence-electron chi connectivity index (χ1n) is 8.86. The minimum atomic E-state index is -0.299. The number of hydrogen-bond donors (Lipinski definition) is 2. The van der Waals surface area contributed by atoms with E-state index < -0.39 is 0 Å². The van der Waals surface area contributed by atoms with Gasteiger partial charge in [-0.1, -0.05) is 30.3 Å². The lowest BCUT2D eigenvalue weighted by molar-refractivity contribution is 0.0955. The van der Waals surface area contributed by atoms with E-state index in [1.54, 1.807) is 25.5 Å². The van der Waals surface area contributed by atoms with Crippen LogP contribution in [0.4, 0.5) is 0 Å². The van der Waals surface area contributed by atoms with Crippen molar-refractivity contribution in [1.29, 1.82) is 0 Å². The summed E-state index contributed by atoms with van der Waals surface area (Å²) in [6.07, 6.45) is 1.57. The molecule has 0 saturated heterocycles. The predicted molar refractivity (Wildman–Crippen MR) is 117 cm³/mol. The molecule has 0 unspecified atom stereocenters. The number of rotatable bonds is 5. The van der Waals surface area contributed by atoms with Crippen LogP contribution in [0.3, 0.4) is 0 Å². The number of hydrogen-bond acceptors (Lipinski definition) is 4. The van der Waals surface area contributed by atoms with E-state index in [-0.39, 0.29) is 5.91 Å². The van der Waals surface area contributed by atoms with Crippen LogP contribution in [0.5, 0.6) is 5.75 Å². The predicted octanol–water partition coefficient (Wildman–Crippen LogP) is 4.76. The normalized spacial score (nSPS) is 11.1. The molecule has 0 aliphatic heterocycles. The molecule has 0 saturated carbocycles. The van der Waals surface area contributed by atoms with Crippen LogP contribution in [0.2, 0.25) is 0 Å². The van der Waals surface area contributed by atoms with Crippen molar-refractivity contribution in [3.8, 4) is 17.1 Å². The van der Waals surface area contributed by atoms with Crippen LogP contribution in [0.1, 0.15) is 15.9 Å². The summed E-state index contributed by atoms with van der Waals surface area (Å²) in [6.45, 7) is 0. The van der Waals surface area contributed by atoms with Gasteiger partial charge in [0.2, 0.25) is 0 Å². The third-order valence-corrected chi connectivity index (χ3v) is 4.97. The van der Waals surface area contributed by atoms with Crippen molar-refractivity contribution in [2.75, 3.05) is 7.11 Å². The third kappa shape index (κ3) is 4.20. The van der Waals surface area contributed by atoms with Crippen molar-refractivity contribution in [3.05, 3.63) is 82.3 Å². The lowest BCUT2D eigenvalue weighted by Gasteiger charge is -2.03. The Hall–Kier alpha value is -3.45. The molecule has 0 fully saturated rings. The van der Waals surface area contributed by atoms with Gasteiger partial charge in [-0.15, -0.1) is 0 Å². The zero-order chi connectivity index (χ0) is 20.2. The van der Waals surface area contributed by atoms with Crippen molar-refractivity contribution < 1.29 is 9.53 Å². The van der Waals surface area contributed by atoms with E-state index in [0.717, 1.165) is 38.2 Å². The lowest BCUT2D eigenvalue weighted by atomic mass is 10.2. The summed E-state index contributed by atoms with van der Waals surface area (Å²) < 4.78 is 6.01. The van der Waals surface area contributed by atoms with E-state index >= 15 is 0 Å². The second-order valence-corrected chi connectivity index (χ2v) is 7.13. The molecule has 29 heavy (non-hydrogen) atoms. The molecule has 0 aliphatic rings. The number of aromatic nitrogens is 2. The maximum absolute atomic E-state index is 12.4. The summed E-state index contributed by atoms with van der Waals surface area (Å²) >= 11 is 3.42. The van der Waals surface area contributed by atoms with Gasteiger partial charge in [0.05, 0.1) is 28.8 Å². The van der Waals surface area contributed by atoms with Crippen molar-refractivity contribution >= 4 is 39.1 Å². The molecule has 6 nitrogen and oxygen atoms in total. The van der Waals surface area contributed by atoms with E-state index in [9.17, 15) is 4.79 Å². The Balaban J connectivity index is 1.49. The topological polar surface area (TPSA) is 79.4 Å². The molecule has 0 radical (unpaired) electrons. The second kappa shape index (κ2) is 8.28. The van der Waals surface area contributed by atoms with Gasteiger partial charge in [0, 0.05) is 11.1 Å². The minimum absolute atomic E-state index is 0.299. The number of benzene rings is 3. The molecular weight excluding hydrogens is 432 g/mol. The number of hydrazone groups is 1. The van der Waals surface area contributed by atoms with E-state index in [2.05, 4.69) is 36.4 Å². The average molecular weight is 449 g/mol. The van der Waals surface area contributed by atoms with Gasteiger partial charge in [0.1, 0.15) is 11.6 Å². The van der Waals surface area contributed by atoms with Crippen molar-refractivity contribution in [1.82, 2.24) is 15.4 Å². The van der Waals surface area contributed by atoms with E-state index in [4.69, 9.17) is 4.74 Å². The van der Waals surface area contributed by atoms with Crippen molar-refractivity contribution in [3.63, 3.8) is 0 Å². The van der Waals surface area contributed by atoms with Crippen molar-refractivity contribution in [2.24, 2.45) is 5.10 Å². The fourth-order valence-electron chi connectivity index (χ4n) is 2.88.